The van der Waals surface area contributed by atoms with Gasteiger partial charge in [0.25, 0.3) is 5.91 Å². The van der Waals surface area contributed by atoms with Crippen molar-refractivity contribution >= 4 is 21.7 Å². The van der Waals surface area contributed by atoms with Gasteiger partial charge >= 0.3 is 0 Å². The molecule has 0 radical (unpaired) electrons. The molecule has 0 aliphatic heterocycles. The molecule has 9 heteroatoms. The fourth-order valence-corrected chi connectivity index (χ4v) is 4.49. The van der Waals surface area contributed by atoms with Gasteiger partial charge in [-0.2, -0.15) is 4.31 Å². The highest BCUT2D eigenvalue weighted by Gasteiger charge is 2.36. The SMILES string of the molecule is CC(=O)c1ccc(S(=O)(=O)N(Cc2cccnc2)[C@H](CC(C)C)C(=O)NO)cc1. The molecule has 156 valence electrons. The van der Waals surface area contributed by atoms with Crippen molar-refractivity contribution < 1.29 is 23.2 Å². The number of pyridine rings is 1. The van der Waals surface area contributed by atoms with Crippen molar-refractivity contribution in [1.82, 2.24) is 14.8 Å². The van der Waals surface area contributed by atoms with E-state index in [-0.39, 0.29) is 29.6 Å². The van der Waals surface area contributed by atoms with Gasteiger partial charge in [-0.3, -0.25) is 19.8 Å². The van der Waals surface area contributed by atoms with E-state index in [0.717, 1.165) is 4.31 Å². The normalized spacial score (nSPS) is 12.8. The van der Waals surface area contributed by atoms with E-state index in [4.69, 9.17) is 0 Å². The number of rotatable bonds is 9. The molecule has 0 saturated carbocycles. The first-order valence-electron chi connectivity index (χ1n) is 9.12. The lowest BCUT2D eigenvalue weighted by molar-refractivity contribution is -0.133. The lowest BCUT2D eigenvalue weighted by Gasteiger charge is -2.30. The zero-order valence-electron chi connectivity index (χ0n) is 16.6. The van der Waals surface area contributed by atoms with E-state index in [1.54, 1.807) is 23.8 Å². The molecule has 0 fully saturated rings. The molecule has 0 saturated heterocycles. The molecular formula is C20H25N3O5S. The molecule has 0 unspecified atom stereocenters. The van der Waals surface area contributed by atoms with Crippen LogP contribution in [-0.2, 0) is 21.4 Å². The number of benzene rings is 1. The monoisotopic (exact) mass is 419 g/mol. The van der Waals surface area contributed by atoms with Gasteiger partial charge in [-0.15, -0.1) is 0 Å². The molecule has 2 aromatic rings. The summed E-state index contributed by atoms with van der Waals surface area (Å²) in [5.74, 6) is -1.01. The summed E-state index contributed by atoms with van der Waals surface area (Å²) in [5.41, 5.74) is 2.56. The molecule has 1 atom stereocenters. The molecule has 0 aliphatic rings. The van der Waals surface area contributed by atoms with Crippen LogP contribution in [-0.4, -0.2) is 40.6 Å². The van der Waals surface area contributed by atoms with E-state index in [1.165, 1.54) is 37.4 Å². The van der Waals surface area contributed by atoms with E-state index >= 15 is 0 Å². The quantitative estimate of drug-likeness (QED) is 0.366. The lowest BCUT2D eigenvalue weighted by Crippen LogP contribution is -2.49. The summed E-state index contributed by atoms with van der Waals surface area (Å²) in [7, 11) is -4.12. The summed E-state index contributed by atoms with van der Waals surface area (Å²) in [6.07, 6.45) is 3.29. The number of amides is 1. The van der Waals surface area contributed by atoms with E-state index in [9.17, 15) is 23.2 Å². The third kappa shape index (κ3) is 5.69. The van der Waals surface area contributed by atoms with E-state index < -0.39 is 22.0 Å². The number of hydrogen-bond donors (Lipinski definition) is 2. The second kappa shape index (κ2) is 9.73. The Kier molecular flexibility index (Phi) is 7.60. The van der Waals surface area contributed by atoms with E-state index in [1.807, 2.05) is 13.8 Å². The number of nitrogens with zero attached hydrogens (tertiary/aromatic N) is 2. The van der Waals surface area contributed by atoms with Gasteiger partial charge in [0.2, 0.25) is 10.0 Å². The van der Waals surface area contributed by atoms with Gasteiger partial charge in [-0.25, -0.2) is 13.9 Å². The third-order valence-corrected chi connectivity index (χ3v) is 6.25. The average Bonchev–Trinajstić information content (AvgIpc) is 2.70. The molecule has 1 aromatic heterocycles. The Morgan fingerprint density at radius 2 is 1.83 bits per heavy atom. The smallest absolute Gasteiger partial charge is 0.261 e. The number of hydroxylamine groups is 1. The van der Waals surface area contributed by atoms with Crippen LogP contribution in [0, 0.1) is 5.92 Å². The van der Waals surface area contributed by atoms with E-state index in [0.29, 0.717) is 11.1 Å². The predicted octanol–water partition coefficient (Wildman–Crippen LogP) is 2.40. The Hall–Kier alpha value is -2.62. The summed E-state index contributed by atoms with van der Waals surface area (Å²) in [4.78, 5) is 27.8. The Morgan fingerprint density at radius 3 is 2.31 bits per heavy atom. The third-order valence-electron chi connectivity index (χ3n) is 4.38. The molecule has 0 spiro atoms. The molecule has 0 bridgehead atoms. The van der Waals surface area contributed by atoms with Crippen LogP contribution in [0.4, 0.5) is 0 Å². The predicted molar refractivity (Wildman–Crippen MR) is 107 cm³/mol. The molecule has 29 heavy (non-hydrogen) atoms. The molecule has 1 heterocycles. The van der Waals surface area contributed by atoms with Crippen LogP contribution in [0.1, 0.15) is 43.1 Å². The maximum absolute atomic E-state index is 13.4. The molecule has 2 N–H and O–H groups in total. The molecule has 1 aromatic carbocycles. The molecule has 8 nitrogen and oxygen atoms in total. The number of ketones is 1. The van der Waals surface area contributed by atoms with Crippen molar-refractivity contribution in [3.63, 3.8) is 0 Å². The zero-order chi connectivity index (χ0) is 21.6. The van der Waals surface area contributed by atoms with Crippen molar-refractivity contribution in [2.45, 2.75) is 44.7 Å². The molecule has 2 rings (SSSR count). The second-order valence-electron chi connectivity index (χ2n) is 7.11. The van der Waals surface area contributed by atoms with Gasteiger partial charge in [0.05, 0.1) is 4.90 Å². The minimum atomic E-state index is -4.12. The van der Waals surface area contributed by atoms with Crippen LogP contribution in [0.2, 0.25) is 0 Å². The van der Waals surface area contributed by atoms with Gasteiger partial charge in [0.15, 0.2) is 5.78 Å². The van der Waals surface area contributed by atoms with Crippen LogP contribution in [0.15, 0.2) is 53.7 Å². The minimum absolute atomic E-state index is 0.0102. The molecule has 0 aliphatic carbocycles. The second-order valence-corrected chi connectivity index (χ2v) is 9.00. The number of nitrogens with one attached hydrogen (secondary N) is 1. The minimum Gasteiger partial charge on any atom is -0.295 e. The largest absolute Gasteiger partial charge is 0.295 e. The van der Waals surface area contributed by atoms with Gasteiger partial charge in [0.1, 0.15) is 6.04 Å². The average molecular weight is 420 g/mol. The van der Waals surface area contributed by atoms with Crippen molar-refractivity contribution in [2.75, 3.05) is 0 Å². The number of aromatic nitrogens is 1. The van der Waals surface area contributed by atoms with Crippen molar-refractivity contribution in [2.24, 2.45) is 5.92 Å². The molecular weight excluding hydrogens is 394 g/mol. The van der Waals surface area contributed by atoms with Crippen molar-refractivity contribution in [3.05, 3.63) is 59.9 Å². The zero-order valence-corrected chi connectivity index (χ0v) is 17.4. The highest BCUT2D eigenvalue weighted by molar-refractivity contribution is 7.89. The maximum Gasteiger partial charge on any atom is 0.261 e. The van der Waals surface area contributed by atoms with Crippen LogP contribution in [0.5, 0.6) is 0 Å². The lowest BCUT2D eigenvalue weighted by atomic mass is 10.0. The number of sulfonamides is 1. The van der Waals surface area contributed by atoms with E-state index in [2.05, 4.69) is 4.98 Å². The van der Waals surface area contributed by atoms with Gasteiger partial charge in [0, 0.05) is 24.5 Å². The summed E-state index contributed by atoms with van der Waals surface area (Å²) >= 11 is 0. The number of carbonyl (C=O) groups is 2. The maximum atomic E-state index is 13.4. The Morgan fingerprint density at radius 1 is 1.17 bits per heavy atom. The fraction of sp³-hybridized carbons (Fsp3) is 0.350. The first-order valence-corrected chi connectivity index (χ1v) is 10.6. The van der Waals surface area contributed by atoms with Crippen LogP contribution < -0.4 is 5.48 Å². The Labute approximate surface area is 170 Å². The summed E-state index contributed by atoms with van der Waals surface area (Å²) < 4.78 is 27.9. The topological polar surface area (TPSA) is 117 Å². The summed E-state index contributed by atoms with van der Waals surface area (Å²) in [6, 6.07) is 7.79. The first kappa shape index (κ1) is 22.7. The summed E-state index contributed by atoms with van der Waals surface area (Å²) in [5, 5.41) is 9.20. The van der Waals surface area contributed by atoms with Crippen LogP contribution in [0.3, 0.4) is 0 Å². The Balaban J connectivity index is 2.54. The fourth-order valence-electron chi connectivity index (χ4n) is 2.91. The number of carbonyl (C=O) groups excluding carboxylic acids is 2. The van der Waals surface area contributed by atoms with Crippen molar-refractivity contribution in [3.8, 4) is 0 Å². The van der Waals surface area contributed by atoms with Crippen LogP contribution in [0.25, 0.3) is 0 Å². The first-order chi connectivity index (χ1) is 13.7. The highest BCUT2D eigenvalue weighted by Crippen LogP contribution is 2.25. The van der Waals surface area contributed by atoms with Gasteiger partial charge in [-0.1, -0.05) is 32.0 Å². The summed E-state index contributed by atoms with van der Waals surface area (Å²) in [6.45, 7) is 5.00. The highest BCUT2D eigenvalue weighted by atomic mass is 32.2. The van der Waals surface area contributed by atoms with Crippen molar-refractivity contribution in [1.29, 1.82) is 0 Å². The molecule has 1 amide bonds. The van der Waals surface area contributed by atoms with Crippen LogP contribution >= 0.6 is 0 Å². The number of hydrogen-bond acceptors (Lipinski definition) is 6. The Bertz CT molecular complexity index is 944. The van der Waals surface area contributed by atoms with Gasteiger partial charge < -0.3 is 0 Å². The standard InChI is InChI=1S/C20H25N3O5S/c1-14(2)11-19(20(25)22-26)23(13-16-5-4-10-21-12-16)29(27,28)18-8-6-17(7-9-18)15(3)24/h4-10,12,14,19,26H,11,13H2,1-3H3,(H,22,25)/t19-/m1/s1. The number of Topliss-reactive ketones (excluding diaryl/α,β-unsaturated/α-hetero) is 1. The van der Waals surface area contributed by atoms with Gasteiger partial charge in [-0.05, 0) is 43.0 Å².